The van der Waals surface area contributed by atoms with Crippen LogP contribution in [0.4, 0.5) is 23.9 Å². The topological polar surface area (TPSA) is 120 Å². The Kier molecular flexibility index (Phi) is 7.75. The van der Waals surface area contributed by atoms with Gasteiger partial charge >= 0.3 is 18.1 Å². The number of nitrogens with one attached hydrogen (secondary N) is 1. The predicted molar refractivity (Wildman–Crippen MR) is 102 cm³/mol. The van der Waals surface area contributed by atoms with Crippen LogP contribution in [0, 0.1) is 5.92 Å². The van der Waals surface area contributed by atoms with Crippen molar-refractivity contribution in [2.45, 2.75) is 19.0 Å². The lowest BCUT2D eigenvalue weighted by atomic mass is 9.98. The quantitative estimate of drug-likeness (QED) is 0.659. The van der Waals surface area contributed by atoms with Gasteiger partial charge in [-0.25, -0.2) is 9.78 Å². The minimum absolute atomic E-state index is 0.212. The molecule has 0 aliphatic carbocycles. The molecule has 2 heterocycles. The van der Waals surface area contributed by atoms with E-state index in [-0.39, 0.29) is 12.5 Å². The minimum atomic E-state index is -5.08. The van der Waals surface area contributed by atoms with Crippen LogP contribution in [-0.2, 0) is 9.59 Å². The van der Waals surface area contributed by atoms with Gasteiger partial charge in [0.15, 0.2) is 5.69 Å². The summed E-state index contributed by atoms with van der Waals surface area (Å²) in [7, 11) is 0. The lowest BCUT2D eigenvalue weighted by Gasteiger charge is -2.30. The van der Waals surface area contributed by atoms with Gasteiger partial charge in [-0.15, -0.1) is 11.3 Å². The molecule has 1 fully saturated rings. The zero-order valence-corrected chi connectivity index (χ0v) is 16.2. The predicted octanol–water partition coefficient (Wildman–Crippen LogP) is 3.46. The van der Waals surface area contributed by atoms with E-state index in [2.05, 4.69) is 10.3 Å². The Bertz CT molecular complexity index is 889. The van der Waals surface area contributed by atoms with Gasteiger partial charge in [0, 0.05) is 18.8 Å². The van der Waals surface area contributed by atoms with Crippen molar-refractivity contribution >= 4 is 39.9 Å². The molecule has 1 saturated heterocycles. The number of carbonyl (C=O) groups is 3. The van der Waals surface area contributed by atoms with Crippen molar-refractivity contribution in [2.24, 2.45) is 5.92 Å². The second kappa shape index (κ2) is 10.1. The molecule has 0 radical (unpaired) electrons. The number of carboxylic acids is 2. The van der Waals surface area contributed by atoms with Crippen LogP contribution in [0.5, 0.6) is 0 Å². The summed E-state index contributed by atoms with van der Waals surface area (Å²) in [6.07, 6.45) is -3.76. The van der Waals surface area contributed by atoms with E-state index in [9.17, 15) is 22.8 Å². The first-order chi connectivity index (χ1) is 14.1. The number of thiazole rings is 1. The Balaban J connectivity index is 0.000000396. The summed E-state index contributed by atoms with van der Waals surface area (Å²) in [4.78, 5) is 38.5. The normalized spacial score (nSPS) is 16.2. The number of aromatic nitrogens is 1. The molecule has 3 rings (SSSR count). The number of nitrogens with zero attached hydrogens (tertiary/aromatic N) is 2. The van der Waals surface area contributed by atoms with Crippen LogP contribution in [-0.4, -0.2) is 57.2 Å². The number of rotatable bonds is 4. The first kappa shape index (κ1) is 23.1. The summed E-state index contributed by atoms with van der Waals surface area (Å²) in [5.41, 5.74) is 2.86. The summed E-state index contributed by atoms with van der Waals surface area (Å²) in [6.45, 7) is 0.821. The smallest absolute Gasteiger partial charge is 0.481 e. The molecular weight excluding hydrogens is 427 g/mol. The van der Waals surface area contributed by atoms with E-state index in [4.69, 9.17) is 15.0 Å². The first-order valence-electron chi connectivity index (χ1n) is 8.67. The van der Waals surface area contributed by atoms with Gasteiger partial charge in [-0.1, -0.05) is 18.2 Å². The van der Waals surface area contributed by atoms with E-state index in [1.807, 2.05) is 30.3 Å². The molecule has 8 nitrogen and oxygen atoms in total. The highest BCUT2D eigenvalue weighted by Crippen LogP contribution is 2.27. The molecule has 1 aliphatic rings. The molecule has 3 N–H and O–H groups in total. The second-order valence-corrected chi connectivity index (χ2v) is 7.11. The van der Waals surface area contributed by atoms with Crippen LogP contribution in [0.2, 0.25) is 0 Å². The van der Waals surface area contributed by atoms with Crippen LogP contribution in [0.25, 0.3) is 0 Å². The first-order valence-corrected chi connectivity index (χ1v) is 9.55. The van der Waals surface area contributed by atoms with Crippen LogP contribution < -0.4 is 5.32 Å². The van der Waals surface area contributed by atoms with Crippen molar-refractivity contribution in [1.82, 2.24) is 9.88 Å². The average Bonchev–Trinajstić information content (AvgIpc) is 3.16. The van der Waals surface area contributed by atoms with E-state index < -0.39 is 24.0 Å². The fourth-order valence-corrected chi connectivity index (χ4v) is 3.34. The summed E-state index contributed by atoms with van der Waals surface area (Å²) in [6, 6.07) is 9.56. The van der Waals surface area contributed by atoms with Crippen LogP contribution in [0.1, 0.15) is 23.3 Å². The fraction of sp³-hybridized carbons (Fsp3) is 0.333. The standard InChI is InChI=1S/C16H17N3O3S.C2HF3O2/c20-15(19-8-4-5-11(9-19)16(21)22)13-14(23-10-17-13)18-12-6-2-1-3-7-12;3-2(4,5)1(6)7/h1-3,6-7,10-11,18H,4-5,8-9H2,(H,21,22);(H,6,7). The lowest BCUT2D eigenvalue weighted by Crippen LogP contribution is -2.42. The van der Waals surface area contributed by atoms with Crippen molar-refractivity contribution in [2.75, 3.05) is 18.4 Å². The molecule has 1 aromatic heterocycles. The number of benzene rings is 1. The monoisotopic (exact) mass is 445 g/mol. The Hall–Kier alpha value is -3.15. The average molecular weight is 445 g/mol. The van der Waals surface area contributed by atoms with Gasteiger partial charge < -0.3 is 20.4 Å². The molecule has 12 heteroatoms. The number of amides is 1. The maximum atomic E-state index is 12.7. The number of likely N-dealkylation sites (tertiary alicyclic amines) is 1. The van der Waals surface area contributed by atoms with Crippen molar-refractivity contribution in [1.29, 1.82) is 0 Å². The van der Waals surface area contributed by atoms with Gasteiger partial charge in [0.2, 0.25) is 0 Å². The summed E-state index contributed by atoms with van der Waals surface area (Å²) in [5, 5.41) is 20.2. The molecule has 0 spiro atoms. The van der Waals surface area contributed by atoms with E-state index in [0.29, 0.717) is 30.1 Å². The van der Waals surface area contributed by atoms with Gasteiger partial charge in [-0.2, -0.15) is 13.2 Å². The number of para-hydroxylation sites is 1. The number of carbonyl (C=O) groups excluding carboxylic acids is 1. The Morgan fingerprint density at radius 2 is 1.80 bits per heavy atom. The van der Waals surface area contributed by atoms with Crippen molar-refractivity contribution in [3.8, 4) is 0 Å². The zero-order valence-electron chi connectivity index (χ0n) is 15.4. The van der Waals surface area contributed by atoms with E-state index in [1.54, 1.807) is 10.4 Å². The van der Waals surface area contributed by atoms with Crippen LogP contribution >= 0.6 is 11.3 Å². The maximum absolute atomic E-state index is 12.7. The third-order valence-electron chi connectivity index (χ3n) is 4.10. The number of alkyl halides is 3. The van der Waals surface area contributed by atoms with E-state index in [0.717, 1.165) is 5.69 Å². The fourth-order valence-electron chi connectivity index (χ4n) is 2.65. The number of anilines is 2. The summed E-state index contributed by atoms with van der Waals surface area (Å²) < 4.78 is 31.7. The van der Waals surface area contributed by atoms with Gasteiger partial charge in [-0.05, 0) is 25.0 Å². The number of halogens is 3. The highest BCUT2D eigenvalue weighted by Gasteiger charge is 2.38. The van der Waals surface area contributed by atoms with E-state index in [1.165, 1.54) is 11.3 Å². The third kappa shape index (κ3) is 6.44. The van der Waals surface area contributed by atoms with E-state index >= 15 is 0 Å². The second-order valence-electron chi connectivity index (χ2n) is 6.25. The number of piperidine rings is 1. The third-order valence-corrected chi connectivity index (χ3v) is 4.84. The SMILES string of the molecule is O=C(O)C(F)(F)F.O=C(O)C1CCCN(C(=O)c2ncsc2Nc2ccccc2)C1. The molecule has 162 valence electrons. The molecule has 0 bridgehead atoms. The number of hydrogen-bond acceptors (Lipinski definition) is 6. The molecule has 1 aliphatic heterocycles. The largest absolute Gasteiger partial charge is 0.490 e. The van der Waals surface area contributed by atoms with Crippen molar-refractivity contribution in [3.05, 3.63) is 41.5 Å². The zero-order chi connectivity index (χ0) is 22.3. The number of carboxylic acid groups (broad SMARTS) is 2. The van der Waals surface area contributed by atoms with Gasteiger partial charge in [0.1, 0.15) is 5.00 Å². The molecule has 1 unspecified atom stereocenters. The van der Waals surface area contributed by atoms with Crippen LogP contribution in [0.15, 0.2) is 35.8 Å². The Morgan fingerprint density at radius 1 is 1.17 bits per heavy atom. The van der Waals surface area contributed by atoms with Gasteiger partial charge in [0.05, 0.1) is 11.4 Å². The van der Waals surface area contributed by atoms with Crippen molar-refractivity contribution in [3.63, 3.8) is 0 Å². The molecular formula is C18H18F3N3O5S. The van der Waals surface area contributed by atoms with Gasteiger partial charge in [-0.3, -0.25) is 9.59 Å². The molecule has 1 atom stereocenters. The minimum Gasteiger partial charge on any atom is -0.481 e. The molecule has 1 aromatic carbocycles. The van der Waals surface area contributed by atoms with Crippen molar-refractivity contribution < 1.29 is 37.8 Å². The van der Waals surface area contributed by atoms with Gasteiger partial charge in [0.25, 0.3) is 5.91 Å². The highest BCUT2D eigenvalue weighted by molar-refractivity contribution is 7.14. The molecule has 30 heavy (non-hydrogen) atoms. The lowest BCUT2D eigenvalue weighted by molar-refractivity contribution is -0.192. The number of hydrogen-bond donors (Lipinski definition) is 3. The van der Waals surface area contributed by atoms with Crippen LogP contribution in [0.3, 0.4) is 0 Å². The number of aliphatic carboxylic acids is 2. The highest BCUT2D eigenvalue weighted by atomic mass is 32.1. The maximum Gasteiger partial charge on any atom is 0.490 e. The molecule has 0 saturated carbocycles. The Morgan fingerprint density at radius 3 is 2.37 bits per heavy atom. The summed E-state index contributed by atoms with van der Waals surface area (Å²) in [5.74, 6) is -4.30. The molecule has 2 aromatic rings. The molecule has 1 amide bonds. The Labute approximate surface area is 173 Å². The summed E-state index contributed by atoms with van der Waals surface area (Å²) >= 11 is 1.36.